The molecule has 1 aromatic heterocycles. The molecule has 0 aliphatic heterocycles. The zero-order valence-electron chi connectivity index (χ0n) is 10.4. The summed E-state index contributed by atoms with van der Waals surface area (Å²) >= 11 is 1.46. The standard InChI is InChI=1S/C15H12N2OS/c1-10-5-4-6-11(9-10)19-15-16-13-8-3-2-7-12(13)14(18)17-15/h2-9H,1H3,(H,16,17,18). The first-order valence-electron chi connectivity index (χ1n) is 5.96. The average Bonchev–Trinajstić information content (AvgIpc) is 2.39. The van der Waals surface area contributed by atoms with Gasteiger partial charge in [-0.1, -0.05) is 41.6 Å². The number of para-hydroxylation sites is 1. The Labute approximate surface area is 114 Å². The van der Waals surface area contributed by atoms with Crippen LogP contribution >= 0.6 is 11.8 Å². The van der Waals surface area contributed by atoms with Crippen LogP contribution in [0, 0.1) is 6.92 Å². The molecule has 3 aromatic rings. The first kappa shape index (κ1) is 12.0. The van der Waals surface area contributed by atoms with Gasteiger partial charge in [0, 0.05) is 4.90 Å². The first-order chi connectivity index (χ1) is 9.22. The molecule has 0 amide bonds. The topological polar surface area (TPSA) is 45.8 Å². The van der Waals surface area contributed by atoms with Crippen molar-refractivity contribution >= 4 is 22.7 Å². The number of hydrogen-bond acceptors (Lipinski definition) is 3. The van der Waals surface area contributed by atoms with Gasteiger partial charge in [-0.25, -0.2) is 4.98 Å². The fourth-order valence-electron chi connectivity index (χ4n) is 1.90. The van der Waals surface area contributed by atoms with E-state index in [0.717, 1.165) is 10.4 Å². The van der Waals surface area contributed by atoms with Crippen molar-refractivity contribution in [1.29, 1.82) is 0 Å². The van der Waals surface area contributed by atoms with Crippen LogP contribution in [0.2, 0.25) is 0 Å². The summed E-state index contributed by atoms with van der Waals surface area (Å²) in [5, 5.41) is 1.24. The van der Waals surface area contributed by atoms with Crippen molar-refractivity contribution in [2.24, 2.45) is 0 Å². The second-order valence-corrected chi connectivity index (χ2v) is 5.37. The fraction of sp³-hybridized carbons (Fsp3) is 0.0667. The highest BCUT2D eigenvalue weighted by Gasteiger charge is 2.04. The minimum atomic E-state index is -0.0965. The Balaban J connectivity index is 2.04. The molecule has 0 spiro atoms. The van der Waals surface area contributed by atoms with E-state index in [4.69, 9.17) is 0 Å². The Bertz CT molecular complexity index is 795. The molecule has 0 saturated carbocycles. The van der Waals surface area contributed by atoms with Crippen LogP contribution in [-0.4, -0.2) is 9.97 Å². The molecule has 3 nitrogen and oxygen atoms in total. The van der Waals surface area contributed by atoms with Crippen molar-refractivity contribution in [2.45, 2.75) is 17.0 Å². The third kappa shape index (κ3) is 2.53. The van der Waals surface area contributed by atoms with Gasteiger partial charge in [0.2, 0.25) is 0 Å². The molecule has 0 bridgehead atoms. The number of nitrogens with one attached hydrogen (secondary N) is 1. The minimum absolute atomic E-state index is 0.0965. The summed E-state index contributed by atoms with van der Waals surface area (Å²) in [6, 6.07) is 15.5. The molecule has 94 valence electrons. The molecule has 0 unspecified atom stereocenters. The van der Waals surface area contributed by atoms with E-state index in [1.54, 1.807) is 6.07 Å². The molecule has 0 saturated heterocycles. The van der Waals surface area contributed by atoms with E-state index < -0.39 is 0 Å². The van der Waals surface area contributed by atoms with Gasteiger partial charge >= 0.3 is 0 Å². The molecule has 1 heterocycles. The molecule has 1 N–H and O–H groups in total. The molecule has 0 aliphatic rings. The highest BCUT2D eigenvalue weighted by atomic mass is 32.2. The predicted octanol–water partition coefficient (Wildman–Crippen LogP) is 3.38. The number of hydrogen-bond donors (Lipinski definition) is 1. The van der Waals surface area contributed by atoms with Gasteiger partial charge in [0.1, 0.15) is 0 Å². The Morgan fingerprint density at radius 2 is 1.95 bits per heavy atom. The van der Waals surface area contributed by atoms with E-state index in [0.29, 0.717) is 10.5 Å². The van der Waals surface area contributed by atoms with E-state index >= 15 is 0 Å². The third-order valence-corrected chi connectivity index (χ3v) is 3.67. The molecule has 4 heteroatoms. The second-order valence-electron chi connectivity index (χ2n) is 4.31. The minimum Gasteiger partial charge on any atom is -0.301 e. The summed E-state index contributed by atoms with van der Waals surface area (Å²) in [5.41, 5.74) is 1.82. The SMILES string of the molecule is Cc1cccc(Sc2nc3ccccc3c(=O)[nH]2)c1. The maximum atomic E-state index is 11.9. The summed E-state index contributed by atoms with van der Waals surface area (Å²) in [5.74, 6) is 0. The predicted molar refractivity (Wildman–Crippen MR) is 77.7 cm³/mol. The lowest BCUT2D eigenvalue weighted by Crippen LogP contribution is -2.08. The van der Waals surface area contributed by atoms with Crippen LogP contribution in [0.5, 0.6) is 0 Å². The molecule has 3 rings (SSSR count). The maximum absolute atomic E-state index is 11.9. The number of H-pyrrole nitrogens is 1. The summed E-state index contributed by atoms with van der Waals surface area (Å²) < 4.78 is 0. The highest BCUT2D eigenvalue weighted by molar-refractivity contribution is 7.99. The second kappa shape index (κ2) is 4.90. The smallest absolute Gasteiger partial charge is 0.259 e. The average molecular weight is 268 g/mol. The van der Waals surface area contributed by atoms with Crippen molar-refractivity contribution in [2.75, 3.05) is 0 Å². The Kier molecular flexibility index (Phi) is 3.09. The Morgan fingerprint density at radius 3 is 2.79 bits per heavy atom. The van der Waals surface area contributed by atoms with Crippen LogP contribution in [0.1, 0.15) is 5.56 Å². The molecule has 0 radical (unpaired) electrons. The highest BCUT2D eigenvalue weighted by Crippen LogP contribution is 2.25. The normalized spacial score (nSPS) is 10.8. The van der Waals surface area contributed by atoms with Gasteiger partial charge in [0.15, 0.2) is 5.16 Å². The monoisotopic (exact) mass is 268 g/mol. The van der Waals surface area contributed by atoms with Crippen LogP contribution in [0.15, 0.2) is 63.4 Å². The number of rotatable bonds is 2. The molecule has 0 atom stereocenters. The van der Waals surface area contributed by atoms with Gasteiger partial charge in [-0.3, -0.25) is 4.79 Å². The van der Waals surface area contributed by atoms with E-state index in [2.05, 4.69) is 16.0 Å². The van der Waals surface area contributed by atoms with Gasteiger partial charge in [-0.2, -0.15) is 0 Å². The van der Waals surface area contributed by atoms with Crippen LogP contribution in [0.25, 0.3) is 10.9 Å². The van der Waals surface area contributed by atoms with Crippen LogP contribution in [0.3, 0.4) is 0 Å². The third-order valence-electron chi connectivity index (χ3n) is 2.80. The lowest BCUT2D eigenvalue weighted by molar-refractivity contribution is 0.974. The van der Waals surface area contributed by atoms with Gasteiger partial charge in [-0.05, 0) is 31.2 Å². The molecule has 2 aromatic carbocycles. The number of benzene rings is 2. The molecular weight excluding hydrogens is 256 g/mol. The number of fused-ring (bicyclic) bond motifs is 1. The summed E-state index contributed by atoms with van der Waals surface area (Å²) in [6.07, 6.45) is 0. The van der Waals surface area contributed by atoms with Gasteiger partial charge < -0.3 is 4.98 Å². The molecular formula is C15H12N2OS. The van der Waals surface area contributed by atoms with Crippen molar-refractivity contribution < 1.29 is 0 Å². The van der Waals surface area contributed by atoms with Crippen LogP contribution in [0.4, 0.5) is 0 Å². The molecule has 0 fully saturated rings. The zero-order valence-corrected chi connectivity index (χ0v) is 11.2. The largest absolute Gasteiger partial charge is 0.301 e. The van der Waals surface area contributed by atoms with Crippen molar-refractivity contribution in [1.82, 2.24) is 9.97 Å². The van der Waals surface area contributed by atoms with Crippen molar-refractivity contribution in [3.05, 3.63) is 64.4 Å². The van der Waals surface area contributed by atoms with E-state index in [9.17, 15) is 4.79 Å². The first-order valence-corrected chi connectivity index (χ1v) is 6.77. The van der Waals surface area contributed by atoms with Gasteiger partial charge in [0.05, 0.1) is 10.9 Å². The van der Waals surface area contributed by atoms with Crippen LogP contribution in [-0.2, 0) is 0 Å². The van der Waals surface area contributed by atoms with Crippen LogP contribution < -0.4 is 5.56 Å². The van der Waals surface area contributed by atoms with E-state index in [1.807, 2.05) is 43.3 Å². The summed E-state index contributed by atoms with van der Waals surface area (Å²) in [4.78, 5) is 20.3. The quantitative estimate of drug-likeness (QED) is 0.725. The lowest BCUT2D eigenvalue weighted by Gasteiger charge is -2.03. The molecule has 0 aliphatic carbocycles. The van der Waals surface area contributed by atoms with Gasteiger partial charge in [0.25, 0.3) is 5.56 Å². The van der Waals surface area contributed by atoms with Crippen molar-refractivity contribution in [3.8, 4) is 0 Å². The Hall–Kier alpha value is -2.07. The van der Waals surface area contributed by atoms with E-state index in [-0.39, 0.29) is 5.56 Å². The summed E-state index contributed by atoms with van der Waals surface area (Å²) in [7, 11) is 0. The number of aromatic amines is 1. The number of aromatic nitrogens is 2. The number of nitrogens with zero attached hydrogens (tertiary/aromatic N) is 1. The van der Waals surface area contributed by atoms with Gasteiger partial charge in [-0.15, -0.1) is 0 Å². The molecule has 19 heavy (non-hydrogen) atoms. The van der Waals surface area contributed by atoms with Crippen molar-refractivity contribution in [3.63, 3.8) is 0 Å². The maximum Gasteiger partial charge on any atom is 0.259 e. The summed E-state index contributed by atoms with van der Waals surface area (Å²) in [6.45, 7) is 2.04. The van der Waals surface area contributed by atoms with E-state index in [1.165, 1.54) is 17.3 Å². The fourth-order valence-corrected chi connectivity index (χ4v) is 2.81. The lowest BCUT2D eigenvalue weighted by atomic mass is 10.2. The Morgan fingerprint density at radius 1 is 1.11 bits per heavy atom. The zero-order chi connectivity index (χ0) is 13.2. The number of aryl methyl sites for hydroxylation is 1.